The number of nitrogens with zero attached hydrogens (tertiary/aromatic N) is 6. The Morgan fingerprint density at radius 3 is 1.63 bits per heavy atom. The lowest BCUT2D eigenvalue weighted by molar-refractivity contribution is -0.141. The van der Waals surface area contributed by atoms with Gasteiger partial charge in [0.05, 0.1) is 46.7 Å². The van der Waals surface area contributed by atoms with E-state index in [4.69, 9.17) is 16.6 Å². The number of aliphatic hydroxyl groups is 1. The fourth-order valence-corrected chi connectivity index (χ4v) is 6.28. The maximum Gasteiger partial charge on any atom is 0.433 e. The molecule has 3 amide bonds. The maximum atomic E-state index is 13.7. The normalized spacial score (nSPS) is 16.6. The van der Waals surface area contributed by atoms with Crippen LogP contribution in [0.25, 0.3) is 33.3 Å². The lowest BCUT2D eigenvalue weighted by atomic mass is 9.89. The molecule has 1 fully saturated rings. The van der Waals surface area contributed by atoms with Crippen molar-refractivity contribution in [3.63, 3.8) is 0 Å². The number of imidazole rings is 2. The molecule has 59 heavy (non-hydrogen) atoms. The molecule has 1 aliphatic rings. The Morgan fingerprint density at radius 1 is 0.729 bits per heavy atom. The number of aromatic carboxylic acids is 1. The first-order valence-corrected chi connectivity index (χ1v) is 16.8. The van der Waals surface area contributed by atoms with Crippen LogP contribution in [-0.2, 0) is 12.4 Å². The SMILES string of the molecule is NC(=O)c1ncc2cc(-c3cc(C(=O)N[C@H]4CC(F)(F)CC[C@@H]4O)cnc3C(F)(F)F)ccn12.NC(=O)c1ncc2cc(-c3cc(C(=O)O)cnc3C(F)(F)F)ccn12. The number of aliphatic hydroxyl groups excluding tert-OH is 1. The topological polar surface area (TPSA) is 233 Å². The van der Waals surface area contributed by atoms with E-state index in [2.05, 4.69) is 25.3 Å². The minimum absolute atomic E-state index is 0.0159. The van der Waals surface area contributed by atoms with E-state index in [0.29, 0.717) is 17.9 Å². The first-order valence-electron chi connectivity index (χ1n) is 16.8. The third-order valence-electron chi connectivity index (χ3n) is 9.05. The second kappa shape index (κ2) is 15.4. The lowest BCUT2D eigenvalue weighted by Gasteiger charge is -2.33. The summed E-state index contributed by atoms with van der Waals surface area (Å²) >= 11 is 0. The van der Waals surface area contributed by atoms with Gasteiger partial charge in [-0.3, -0.25) is 33.2 Å². The van der Waals surface area contributed by atoms with Gasteiger partial charge in [0.2, 0.25) is 17.6 Å². The molecule has 2 atom stereocenters. The number of primary amides is 2. The van der Waals surface area contributed by atoms with Crippen molar-refractivity contribution in [3.8, 4) is 22.3 Å². The van der Waals surface area contributed by atoms with Crippen LogP contribution in [-0.4, -0.2) is 80.7 Å². The van der Waals surface area contributed by atoms with Crippen LogP contribution in [0.3, 0.4) is 0 Å². The molecule has 15 nitrogen and oxygen atoms in total. The average molecular weight is 834 g/mol. The summed E-state index contributed by atoms with van der Waals surface area (Å²) in [5.74, 6) is -7.25. The zero-order valence-corrected chi connectivity index (χ0v) is 29.6. The van der Waals surface area contributed by atoms with E-state index in [0.717, 1.165) is 12.1 Å². The van der Waals surface area contributed by atoms with Gasteiger partial charge in [0.1, 0.15) is 0 Å². The molecule has 1 saturated carbocycles. The van der Waals surface area contributed by atoms with Crippen LogP contribution in [0.4, 0.5) is 35.1 Å². The number of carboxylic acids is 1. The van der Waals surface area contributed by atoms with Crippen molar-refractivity contribution in [1.29, 1.82) is 0 Å². The molecule has 6 heterocycles. The monoisotopic (exact) mass is 833 g/mol. The van der Waals surface area contributed by atoms with Crippen molar-refractivity contribution in [3.05, 3.63) is 108 Å². The summed E-state index contributed by atoms with van der Waals surface area (Å²) in [4.78, 5) is 60.7. The van der Waals surface area contributed by atoms with E-state index in [9.17, 15) is 59.4 Å². The van der Waals surface area contributed by atoms with Crippen LogP contribution in [0.1, 0.15) is 72.6 Å². The van der Waals surface area contributed by atoms with E-state index in [1.165, 1.54) is 57.9 Å². The Bertz CT molecular complexity index is 2640. The number of alkyl halides is 8. The summed E-state index contributed by atoms with van der Waals surface area (Å²) in [5.41, 5.74) is 7.05. The summed E-state index contributed by atoms with van der Waals surface area (Å²) in [6, 6.07) is 5.76. The number of aromatic nitrogens is 6. The highest BCUT2D eigenvalue weighted by Gasteiger charge is 2.42. The Hall–Kier alpha value is -7.04. The number of carboxylic acid groups (broad SMARTS) is 1. The molecular weight excluding hydrogens is 806 g/mol. The van der Waals surface area contributed by atoms with Crippen molar-refractivity contribution >= 4 is 34.7 Å². The van der Waals surface area contributed by atoms with E-state index in [1.807, 2.05) is 0 Å². The van der Waals surface area contributed by atoms with Crippen molar-refractivity contribution in [1.82, 2.24) is 34.1 Å². The van der Waals surface area contributed by atoms with Gasteiger partial charge in [0.15, 0.2) is 11.4 Å². The number of fused-ring (bicyclic) bond motifs is 2. The van der Waals surface area contributed by atoms with Crippen LogP contribution in [0.2, 0.25) is 0 Å². The standard InChI is InChI=1S/C21H18F5N5O3.C15H9F3N4O3/c22-20(23)3-1-15(32)14(7-20)30-19(34)11-6-13(16(28-8-11)21(24,25)26)10-2-4-31-12(5-10)9-29-18(31)17(27)33;16-15(17,18)11-10(4-8(5-20-11)14(24)25)7-1-2-22-9(3-7)6-21-13(22)12(19)23/h2,4-6,8-9,14-15,32H,1,3,7H2,(H2,27,33)(H,30,34);1-6H,(H2,19,23)(H,24,25)/t14-,15-;/m0./s1. The minimum Gasteiger partial charge on any atom is -0.478 e. The van der Waals surface area contributed by atoms with Crippen LogP contribution < -0.4 is 16.8 Å². The Balaban J connectivity index is 0.000000208. The largest absolute Gasteiger partial charge is 0.478 e. The molecule has 0 spiro atoms. The molecule has 0 aromatic carbocycles. The Labute approximate surface area is 324 Å². The minimum atomic E-state index is -4.86. The Kier molecular flexibility index (Phi) is 10.8. The molecule has 6 aromatic rings. The van der Waals surface area contributed by atoms with Crippen molar-refractivity contribution < 1.29 is 64.5 Å². The van der Waals surface area contributed by atoms with Crippen molar-refractivity contribution in [2.75, 3.05) is 0 Å². The van der Waals surface area contributed by atoms with Crippen LogP contribution in [0, 0.1) is 0 Å². The number of carbonyl (C=O) groups excluding carboxylic acids is 3. The highest BCUT2D eigenvalue weighted by molar-refractivity contribution is 5.96. The zero-order valence-electron chi connectivity index (χ0n) is 29.6. The van der Waals surface area contributed by atoms with Crippen molar-refractivity contribution in [2.45, 2.75) is 49.7 Å². The fourth-order valence-electron chi connectivity index (χ4n) is 6.28. The summed E-state index contributed by atoms with van der Waals surface area (Å²) in [7, 11) is 0. The third-order valence-corrected chi connectivity index (χ3v) is 9.05. The molecule has 7 N–H and O–H groups in total. The first-order chi connectivity index (χ1) is 27.5. The first kappa shape index (κ1) is 41.6. The molecule has 7 rings (SSSR count). The van der Waals surface area contributed by atoms with Crippen LogP contribution in [0.15, 0.2) is 73.6 Å². The number of nitrogens with one attached hydrogen (secondary N) is 1. The Morgan fingerprint density at radius 2 is 1.19 bits per heavy atom. The molecule has 308 valence electrons. The number of amides is 3. The van der Waals surface area contributed by atoms with Gasteiger partial charge in [0.25, 0.3) is 17.7 Å². The zero-order chi connectivity index (χ0) is 43.2. The summed E-state index contributed by atoms with van der Waals surface area (Å²) < 4.78 is 111. The number of halogens is 8. The second-order valence-electron chi connectivity index (χ2n) is 13.1. The average Bonchev–Trinajstić information content (AvgIpc) is 3.79. The van der Waals surface area contributed by atoms with E-state index >= 15 is 0 Å². The lowest BCUT2D eigenvalue weighted by Crippen LogP contribution is -2.50. The molecule has 1 aliphatic carbocycles. The molecular formula is C36H27F8N9O6. The fraction of sp³-hybridized carbons (Fsp3) is 0.222. The van der Waals surface area contributed by atoms with E-state index < -0.39 is 89.5 Å². The number of rotatable bonds is 7. The predicted octanol–water partition coefficient (Wildman–Crippen LogP) is 5.00. The maximum absolute atomic E-state index is 13.7. The smallest absolute Gasteiger partial charge is 0.433 e. The number of carbonyl (C=O) groups is 4. The number of hydrogen-bond donors (Lipinski definition) is 5. The predicted molar refractivity (Wildman–Crippen MR) is 187 cm³/mol. The highest BCUT2D eigenvalue weighted by atomic mass is 19.4. The highest BCUT2D eigenvalue weighted by Crippen LogP contribution is 2.38. The van der Waals surface area contributed by atoms with Gasteiger partial charge in [-0.2, -0.15) is 26.3 Å². The molecule has 0 aliphatic heterocycles. The van der Waals surface area contributed by atoms with Crippen molar-refractivity contribution in [2.24, 2.45) is 11.5 Å². The molecule has 0 saturated heterocycles. The van der Waals surface area contributed by atoms with Gasteiger partial charge in [-0.05, 0) is 53.9 Å². The van der Waals surface area contributed by atoms with Gasteiger partial charge in [0, 0.05) is 48.8 Å². The molecule has 0 radical (unpaired) electrons. The van der Waals surface area contributed by atoms with Gasteiger partial charge in [-0.1, -0.05) is 0 Å². The number of hydrogen-bond acceptors (Lipinski definition) is 9. The van der Waals surface area contributed by atoms with Gasteiger partial charge < -0.3 is 27.0 Å². The summed E-state index contributed by atoms with van der Waals surface area (Å²) in [6.07, 6.45) is -5.92. The van der Waals surface area contributed by atoms with Crippen LogP contribution >= 0.6 is 0 Å². The molecule has 0 bridgehead atoms. The summed E-state index contributed by atoms with van der Waals surface area (Å²) in [6.45, 7) is 0. The van der Waals surface area contributed by atoms with Gasteiger partial charge in [-0.15, -0.1) is 0 Å². The van der Waals surface area contributed by atoms with E-state index in [-0.39, 0.29) is 45.8 Å². The molecule has 0 unspecified atom stereocenters. The van der Waals surface area contributed by atoms with Crippen LogP contribution in [0.5, 0.6) is 0 Å². The summed E-state index contributed by atoms with van der Waals surface area (Å²) in [5, 5.41) is 21.2. The molecule has 6 aromatic heterocycles. The second-order valence-corrected chi connectivity index (χ2v) is 13.1. The molecule has 23 heteroatoms. The quantitative estimate of drug-likeness (QED) is 0.135. The number of nitrogens with two attached hydrogens (primary N) is 2. The van der Waals surface area contributed by atoms with E-state index in [1.54, 1.807) is 0 Å². The third kappa shape index (κ3) is 8.78. The van der Waals surface area contributed by atoms with Gasteiger partial charge >= 0.3 is 18.3 Å². The van der Waals surface area contributed by atoms with Gasteiger partial charge in [-0.25, -0.2) is 23.5 Å². The number of pyridine rings is 4.